The molecule has 3 aromatic rings. The number of hydrogen-bond donors (Lipinski definition) is 0. The number of pyridine rings is 1. The molecule has 0 radical (unpaired) electrons. The average Bonchev–Trinajstić information content (AvgIpc) is 3.35. The number of aromatic nitrogens is 5. The molecule has 3 heterocycles. The molecule has 132 valence electrons. The molecule has 7 heteroatoms. The van der Waals surface area contributed by atoms with E-state index in [9.17, 15) is 4.79 Å². The Bertz CT molecular complexity index is 848. The van der Waals surface area contributed by atoms with Crippen molar-refractivity contribution >= 4 is 5.91 Å². The van der Waals surface area contributed by atoms with Crippen molar-refractivity contribution in [3.63, 3.8) is 0 Å². The van der Waals surface area contributed by atoms with Gasteiger partial charge in [0.15, 0.2) is 0 Å². The van der Waals surface area contributed by atoms with Gasteiger partial charge in [-0.1, -0.05) is 18.2 Å². The molecule has 0 bridgehead atoms. The summed E-state index contributed by atoms with van der Waals surface area (Å²) in [5.41, 5.74) is 2.88. The van der Waals surface area contributed by atoms with Gasteiger partial charge in [-0.25, -0.2) is 4.68 Å². The fourth-order valence-corrected chi connectivity index (χ4v) is 3.37. The van der Waals surface area contributed by atoms with Gasteiger partial charge in [-0.3, -0.25) is 9.78 Å². The van der Waals surface area contributed by atoms with Crippen LogP contribution in [0, 0.1) is 5.92 Å². The Labute approximate surface area is 151 Å². The summed E-state index contributed by atoms with van der Waals surface area (Å²) in [6.45, 7) is 2.20. The van der Waals surface area contributed by atoms with Crippen LogP contribution in [-0.4, -0.2) is 49.1 Å². The Kier molecular flexibility index (Phi) is 4.68. The van der Waals surface area contributed by atoms with E-state index in [1.54, 1.807) is 11.0 Å². The zero-order valence-electron chi connectivity index (χ0n) is 14.4. The van der Waals surface area contributed by atoms with Gasteiger partial charge in [0, 0.05) is 30.5 Å². The third kappa shape index (κ3) is 3.77. The van der Waals surface area contributed by atoms with Crippen LogP contribution < -0.4 is 0 Å². The molecular formula is C19H20N6O. The zero-order valence-corrected chi connectivity index (χ0v) is 14.4. The second-order valence-electron chi connectivity index (χ2n) is 6.64. The van der Waals surface area contributed by atoms with Crippen LogP contribution in [0.4, 0.5) is 0 Å². The molecule has 1 aliphatic rings. The number of likely N-dealkylation sites (tertiary alicyclic amines) is 1. The molecule has 7 nitrogen and oxygen atoms in total. The highest BCUT2D eigenvalue weighted by Gasteiger charge is 2.27. The van der Waals surface area contributed by atoms with E-state index in [2.05, 4.69) is 20.5 Å². The van der Waals surface area contributed by atoms with Crippen molar-refractivity contribution in [2.24, 2.45) is 5.92 Å². The zero-order chi connectivity index (χ0) is 17.8. The van der Waals surface area contributed by atoms with Gasteiger partial charge in [0.25, 0.3) is 5.91 Å². The molecule has 0 spiro atoms. The molecule has 26 heavy (non-hydrogen) atoms. The Balaban J connectivity index is 1.35. The molecule has 1 saturated heterocycles. The maximum Gasteiger partial charge on any atom is 0.253 e. The maximum atomic E-state index is 12.7. The van der Waals surface area contributed by atoms with E-state index in [0.717, 1.165) is 42.8 Å². The Hall–Kier alpha value is -3.09. The van der Waals surface area contributed by atoms with E-state index in [0.29, 0.717) is 12.5 Å². The number of tetrazole rings is 1. The SMILES string of the molecule is O=C(c1ccc(Cn2cnnn2)cc1)N1CCC(Cc2ccccn2)C1. The molecule has 0 N–H and O–H groups in total. The van der Waals surface area contributed by atoms with E-state index < -0.39 is 0 Å². The van der Waals surface area contributed by atoms with Crippen molar-refractivity contribution in [1.29, 1.82) is 0 Å². The number of rotatable bonds is 5. The largest absolute Gasteiger partial charge is 0.338 e. The highest BCUT2D eigenvalue weighted by molar-refractivity contribution is 5.94. The third-order valence-electron chi connectivity index (χ3n) is 4.73. The fraction of sp³-hybridized carbons (Fsp3) is 0.316. The molecule has 1 aromatic carbocycles. The lowest BCUT2D eigenvalue weighted by atomic mass is 10.0. The Morgan fingerprint density at radius 1 is 1.15 bits per heavy atom. The minimum atomic E-state index is 0.0995. The summed E-state index contributed by atoms with van der Waals surface area (Å²) in [6, 6.07) is 13.7. The van der Waals surface area contributed by atoms with Gasteiger partial charge in [0.05, 0.1) is 6.54 Å². The quantitative estimate of drug-likeness (QED) is 0.703. The van der Waals surface area contributed by atoms with E-state index >= 15 is 0 Å². The van der Waals surface area contributed by atoms with Crippen LogP contribution in [0.3, 0.4) is 0 Å². The standard InChI is InChI=1S/C19H20N6O/c26-19(17-6-4-15(5-7-17)13-25-14-21-22-23-25)24-10-8-16(12-24)11-18-3-1-2-9-20-18/h1-7,9,14,16H,8,10-13H2. The van der Waals surface area contributed by atoms with Gasteiger partial charge in [-0.2, -0.15) is 0 Å². The normalized spacial score (nSPS) is 16.8. The van der Waals surface area contributed by atoms with Gasteiger partial charge >= 0.3 is 0 Å². The molecular weight excluding hydrogens is 328 g/mol. The minimum absolute atomic E-state index is 0.0995. The lowest BCUT2D eigenvalue weighted by Gasteiger charge is -2.17. The minimum Gasteiger partial charge on any atom is -0.338 e. The van der Waals surface area contributed by atoms with Crippen LogP contribution >= 0.6 is 0 Å². The van der Waals surface area contributed by atoms with Crippen LogP contribution in [0.15, 0.2) is 55.0 Å². The first-order valence-corrected chi connectivity index (χ1v) is 8.77. The van der Waals surface area contributed by atoms with Crippen LogP contribution in [0.25, 0.3) is 0 Å². The first kappa shape index (κ1) is 16.4. The van der Waals surface area contributed by atoms with E-state index in [-0.39, 0.29) is 5.91 Å². The highest BCUT2D eigenvalue weighted by atomic mass is 16.2. The molecule has 1 aliphatic heterocycles. The summed E-state index contributed by atoms with van der Waals surface area (Å²) >= 11 is 0. The summed E-state index contributed by atoms with van der Waals surface area (Å²) in [5, 5.41) is 11.1. The van der Waals surface area contributed by atoms with Crippen molar-refractivity contribution in [2.75, 3.05) is 13.1 Å². The molecule has 1 fully saturated rings. The molecule has 1 unspecified atom stereocenters. The Morgan fingerprint density at radius 2 is 2.04 bits per heavy atom. The summed E-state index contributed by atoms with van der Waals surface area (Å²) in [7, 11) is 0. The van der Waals surface area contributed by atoms with Crippen LogP contribution in [0.2, 0.25) is 0 Å². The van der Waals surface area contributed by atoms with Crippen molar-refractivity contribution in [1.82, 2.24) is 30.1 Å². The van der Waals surface area contributed by atoms with Gasteiger partial charge in [0.2, 0.25) is 0 Å². The molecule has 2 aromatic heterocycles. The number of nitrogens with zero attached hydrogens (tertiary/aromatic N) is 6. The molecule has 1 atom stereocenters. The number of carbonyl (C=O) groups excluding carboxylic acids is 1. The molecule has 1 amide bonds. The number of carbonyl (C=O) groups is 1. The summed E-state index contributed by atoms with van der Waals surface area (Å²) in [5.74, 6) is 0.579. The fourth-order valence-electron chi connectivity index (χ4n) is 3.37. The van der Waals surface area contributed by atoms with E-state index in [4.69, 9.17) is 0 Å². The number of hydrogen-bond acceptors (Lipinski definition) is 5. The lowest BCUT2D eigenvalue weighted by Crippen LogP contribution is -2.29. The van der Waals surface area contributed by atoms with Crippen LogP contribution in [-0.2, 0) is 13.0 Å². The summed E-state index contributed by atoms with van der Waals surface area (Å²) in [4.78, 5) is 19.1. The van der Waals surface area contributed by atoms with Gasteiger partial charge in [-0.15, -0.1) is 5.10 Å². The van der Waals surface area contributed by atoms with Crippen molar-refractivity contribution in [2.45, 2.75) is 19.4 Å². The topological polar surface area (TPSA) is 76.8 Å². The number of amides is 1. The summed E-state index contributed by atoms with van der Waals surface area (Å²) in [6.07, 6.45) is 5.35. The van der Waals surface area contributed by atoms with E-state index in [1.165, 1.54) is 0 Å². The monoisotopic (exact) mass is 348 g/mol. The predicted molar refractivity (Wildman–Crippen MR) is 95.3 cm³/mol. The first-order chi connectivity index (χ1) is 12.8. The molecule has 0 saturated carbocycles. The molecule has 0 aliphatic carbocycles. The highest BCUT2D eigenvalue weighted by Crippen LogP contribution is 2.22. The van der Waals surface area contributed by atoms with Gasteiger partial charge in [0.1, 0.15) is 6.33 Å². The van der Waals surface area contributed by atoms with Crippen LogP contribution in [0.5, 0.6) is 0 Å². The first-order valence-electron chi connectivity index (χ1n) is 8.77. The maximum absolute atomic E-state index is 12.7. The van der Waals surface area contributed by atoms with E-state index in [1.807, 2.05) is 53.6 Å². The number of benzene rings is 1. The van der Waals surface area contributed by atoms with Gasteiger partial charge < -0.3 is 4.90 Å². The molecule has 4 rings (SSSR count). The van der Waals surface area contributed by atoms with Crippen molar-refractivity contribution in [3.05, 3.63) is 71.8 Å². The average molecular weight is 348 g/mol. The Morgan fingerprint density at radius 3 is 2.77 bits per heavy atom. The summed E-state index contributed by atoms with van der Waals surface area (Å²) < 4.78 is 1.65. The van der Waals surface area contributed by atoms with Crippen LogP contribution in [0.1, 0.15) is 28.0 Å². The second kappa shape index (κ2) is 7.43. The van der Waals surface area contributed by atoms with Gasteiger partial charge in [-0.05, 0) is 59.0 Å². The second-order valence-corrected chi connectivity index (χ2v) is 6.64. The van der Waals surface area contributed by atoms with Crippen molar-refractivity contribution in [3.8, 4) is 0 Å². The predicted octanol–water partition coefficient (Wildman–Crippen LogP) is 1.82. The third-order valence-corrected chi connectivity index (χ3v) is 4.73. The van der Waals surface area contributed by atoms with Crippen molar-refractivity contribution < 1.29 is 4.79 Å². The lowest BCUT2D eigenvalue weighted by molar-refractivity contribution is 0.0787. The smallest absolute Gasteiger partial charge is 0.253 e.